The fourth-order valence-corrected chi connectivity index (χ4v) is 2.45. The van der Waals surface area contributed by atoms with Gasteiger partial charge in [-0.3, -0.25) is 0 Å². The van der Waals surface area contributed by atoms with Crippen LogP contribution in [0.15, 0.2) is 28.7 Å². The molecule has 1 fully saturated rings. The number of halogens is 1. The lowest BCUT2D eigenvalue weighted by Gasteiger charge is -2.41. The summed E-state index contributed by atoms with van der Waals surface area (Å²) in [5, 5.41) is 0. The molecule has 1 aliphatic rings. The van der Waals surface area contributed by atoms with Crippen molar-refractivity contribution >= 4 is 21.6 Å². The minimum atomic E-state index is 0.430. The lowest BCUT2D eigenvalue weighted by atomic mass is 10.1. The van der Waals surface area contributed by atoms with Gasteiger partial charge < -0.3 is 15.5 Å². The van der Waals surface area contributed by atoms with Crippen molar-refractivity contribution in [3.8, 4) is 0 Å². The summed E-state index contributed by atoms with van der Waals surface area (Å²) < 4.78 is 1.12. The predicted molar refractivity (Wildman–Crippen MR) is 71.8 cm³/mol. The maximum Gasteiger partial charge on any atom is 0.0539 e. The summed E-state index contributed by atoms with van der Waals surface area (Å²) in [6.45, 7) is 3.92. The van der Waals surface area contributed by atoms with Crippen molar-refractivity contribution in [2.75, 3.05) is 38.1 Å². The zero-order valence-electron chi connectivity index (χ0n) is 9.56. The Bertz CT molecular complexity index is 339. The molecule has 0 aliphatic carbocycles. The minimum Gasteiger partial charge on any atom is -0.365 e. The molecule has 1 unspecified atom stereocenters. The van der Waals surface area contributed by atoms with Gasteiger partial charge in [0.05, 0.1) is 6.04 Å². The molecule has 1 saturated heterocycles. The number of anilines is 1. The van der Waals surface area contributed by atoms with E-state index in [-0.39, 0.29) is 0 Å². The average molecular weight is 284 g/mol. The van der Waals surface area contributed by atoms with Crippen LogP contribution in [0.2, 0.25) is 0 Å². The van der Waals surface area contributed by atoms with Gasteiger partial charge >= 0.3 is 0 Å². The van der Waals surface area contributed by atoms with Gasteiger partial charge in [0.25, 0.3) is 0 Å². The molecule has 0 bridgehead atoms. The number of likely N-dealkylation sites (N-methyl/N-ethyl adjacent to an activating group) is 1. The fraction of sp³-hybridized carbons (Fsp3) is 0.500. The monoisotopic (exact) mass is 283 g/mol. The van der Waals surface area contributed by atoms with E-state index < -0.39 is 0 Å². The summed E-state index contributed by atoms with van der Waals surface area (Å²) in [6, 6.07) is 8.90. The third-order valence-electron chi connectivity index (χ3n) is 3.12. The Morgan fingerprint density at radius 2 is 2.00 bits per heavy atom. The molecule has 4 heteroatoms. The third kappa shape index (κ3) is 2.56. The molecule has 3 nitrogen and oxygen atoms in total. The van der Waals surface area contributed by atoms with Gasteiger partial charge in [-0.25, -0.2) is 0 Å². The lowest BCUT2D eigenvalue weighted by molar-refractivity contribution is 0.270. The molecule has 0 saturated carbocycles. The summed E-state index contributed by atoms with van der Waals surface area (Å²) in [4.78, 5) is 4.75. The molecular formula is C12H18BrN3. The molecule has 1 aromatic rings. The van der Waals surface area contributed by atoms with Crippen LogP contribution in [-0.4, -0.2) is 44.2 Å². The Balaban J connectivity index is 2.15. The van der Waals surface area contributed by atoms with Crippen molar-refractivity contribution in [2.45, 2.75) is 6.04 Å². The summed E-state index contributed by atoms with van der Waals surface area (Å²) in [5.41, 5.74) is 7.12. The number of nitrogens with two attached hydrogens (primary N) is 1. The molecule has 0 radical (unpaired) electrons. The molecule has 0 spiro atoms. The molecule has 16 heavy (non-hydrogen) atoms. The van der Waals surface area contributed by atoms with Gasteiger partial charge in [0.1, 0.15) is 0 Å². The first-order valence-corrected chi connectivity index (χ1v) is 6.41. The molecule has 88 valence electrons. The van der Waals surface area contributed by atoms with Crippen molar-refractivity contribution in [2.24, 2.45) is 5.73 Å². The zero-order chi connectivity index (χ0) is 11.5. The molecule has 2 N–H and O–H groups in total. The molecule has 0 amide bonds. The van der Waals surface area contributed by atoms with Crippen molar-refractivity contribution in [1.82, 2.24) is 4.90 Å². The maximum absolute atomic E-state index is 5.85. The second-order valence-corrected chi connectivity index (χ2v) is 5.24. The van der Waals surface area contributed by atoms with E-state index in [0.717, 1.165) is 24.1 Å². The Morgan fingerprint density at radius 1 is 1.31 bits per heavy atom. The van der Waals surface area contributed by atoms with Crippen LogP contribution in [0.4, 0.5) is 5.69 Å². The summed E-state index contributed by atoms with van der Waals surface area (Å²) >= 11 is 3.46. The molecule has 1 aromatic carbocycles. The van der Waals surface area contributed by atoms with Gasteiger partial charge in [-0.2, -0.15) is 0 Å². The Labute approximate surface area is 105 Å². The van der Waals surface area contributed by atoms with Gasteiger partial charge in [0.2, 0.25) is 0 Å². The van der Waals surface area contributed by atoms with Crippen molar-refractivity contribution in [3.05, 3.63) is 28.7 Å². The van der Waals surface area contributed by atoms with Crippen LogP contribution in [0, 0.1) is 0 Å². The van der Waals surface area contributed by atoms with Gasteiger partial charge in [0, 0.05) is 36.3 Å². The van der Waals surface area contributed by atoms with Crippen molar-refractivity contribution < 1.29 is 0 Å². The van der Waals surface area contributed by atoms with E-state index in [2.05, 4.69) is 57.0 Å². The van der Waals surface area contributed by atoms with Gasteiger partial charge in [-0.1, -0.05) is 15.9 Å². The first kappa shape index (κ1) is 11.9. The van der Waals surface area contributed by atoms with Gasteiger partial charge in [-0.15, -0.1) is 0 Å². The number of benzene rings is 1. The quantitative estimate of drug-likeness (QED) is 0.894. The highest BCUT2D eigenvalue weighted by molar-refractivity contribution is 9.10. The number of piperazine rings is 1. The number of rotatable bonds is 2. The average Bonchev–Trinajstić information content (AvgIpc) is 2.30. The second-order valence-electron chi connectivity index (χ2n) is 4.32. The summed E-state index contributed by atoms with van der Waals surface area (Å²) in [7, 11) is 2.15. The van der Waals surface area contributed by atoms with Crippen LogP contribution in [0.25, 0.3) is 0 Å². The van der Waals surface area contributed by atoms with Crippen molar-refractivity contribution in [3.63, 3.8) is 0 Å². The standard InChI is InChI=1S/C12H18BrN3/c1-15-6-7-16(12(8-14)9-15)11-4-2-10(13)3-5-11/h2-5,12H,6-9,14H2,1H3. The molecular weight excluding hydrogens is 266 g/mol. The predicted octanol–water partition coefficient (Wildman–Crippen LogP) is 1.53. The highest BCUT2D eigenvalue weighted by Gasteiger charge is 2.23. The van der Waals surface area contributed by atoms with Crippen LogP contribution in [-0.2, 0) is 0 Å². The molecule has 2 rings (SSSR count). The highest BCUT2D eigenvalue weighted by Crippen LogP contribution is 2.22. The van der Waals surface area contributed by atoms with E-state index in [1.54, 1.807) is 0 Å². The topological polar surface area (TPSA) is 32.5 Å². The largest absolute Gasteiger partial charge is 0.365 e. The molecule has 0 aromatic heterocycles. The second kappa shape index (κ2) is 5.17. The van der Waals surface area contributed by atoms with Gasteiger partial charge in [-0.05, 0) is 31.3 Å². The molecule has 1 aliphatic heterocycles. The Hall–Kier alpha value is -0.580. The van der Waals surface area contributed by atoms with E-state index >= 15 is 0 Å². The minimum absolute atomic E-state index is 0.430. The SMILES string of the molecule is CN1CCN(c2ccc(Br)cc2)C(CN)C1. The first-order chi connectivity index (χ1) is 7.70. The number of hydrogen-bond donors (Lipinski definition) is 1. The first-order valence-electron chi connectivity index (χ1n) is 5.61. The van der Waals surface area contributed by atoms with E-state index in [1.807, 2.05) is 0 Å². The number of nitrogens with zero attached hydrogens (tertiary/aromatic N) is 2. The van der Waals surface area contributed by atoms with Gasteiger partial charge in [0.15, 0.2) is 0 Å². The smallest absolute Gasteiger partial charge is 0.0539 e. The summed E-state index contributed by atoms with van der Waals surface area (Å²) in [6.07, 6.45) is 0. The van der Waals surface area contributed by atoms with E-state index in [0.29, 0.717) is 12.6 Å². The van der Waals surface area contributed by atoms with Crippen molar-refractivity contribution in [1.29, 1.82) is 0 Å². The fourth-order valence-electron chi connectivity index (χ4n) is 2.18. The highest BCUT2D eigenvalue weighted by atomic mass is 79.9. The Morgan fingerprint density at radius 3 is 2.62 bits per heavy atom. The normalized spacial score (nSPS) is 22.4. The number of hydrogen-bond acceptors (Lipinski definition) is 3. The zero-order valence-corrected chi connectivity index (χ0v) is 11.2. The third-order valence-corrected chi connectivity index (χ3v) is 3.64. The van der Waals surface area contributed by atoms with Crippen LogP contribution < -0.4 is 10.6 Å². The maximum atomic E-state index is 5.85. The lowest BCUT2D eigenvalue weighted by Crippen LogP contribution is -2.55. The van der Waals surface area contributed by atoms with Crippen LogP contribution in [0.1, 0.15) is 0 Å². The summed E-state index contributed by atoms with van der Waals surface area (Å²) in [5.74, 6) is 0. The van der Waals surface area contributed by atoms with E-state index in [9.17, 15) is 0 Å². The van der Waals surface area contributed by atoms with Crippen LogP contribution in [0.3, 0.4) is 0 Å². The Kier molecular flexibility index (Phi) is 3.84. The van der Waals surface area contributed by atoms with Crippen LogP contribution >= 0.6 is 15.9 Å². The molecule has 1 atom stereocenters. The van der Waals surface area contributed by atoms with Crippen LogP contribution in [0.5, 0.6) is 0 Å². The molecule has 1 heterocycles. The van der Waals surface area contributed by atoms with E-state index in [4.69, 9.17) is 5.73 Å². The van der Waals surface area contributed by atoms with E-state index in [1.165, 1.54) is 5.69 Å².